The summed E-state index contributed by atoms with van der Waals surface area (Å²) in [6.07, 6.45) is 8.30. The topological polar surface area (TPSA) is 82.6 Å². The molecule has 0 unspecified atom stereocenters. The van der Waals surface area contributed by atoms with E-state index in [0.717, 1.165) is 71.6 Å². The van der Waals surface area contributed by atoms with Crippen LogP contribution in [0.25, 0.3) is 22.2 Å². The molecule has 0 amide bonds. The van der Waals surface area contributed by atoms with Gasteiger partial charge in [-0.15, -0.1) is 0 Å². The minimum Gasteiger partial charge on any atom is -0.342 e. The highest BCUT2D eigenvalue weighted by molar-refractivity contribution is 7.98. The fraction of sp³-hybridized carbons (Fsp3) is 0.304. The lowest BCUT2D eigenvalue weighted by molar-refractivity contribution is 0.233. The fourth-order valence-electron chi connectivity index (χ4n) is 3.92. The van der Waals surface area contributed by atoms with Gasteiger partial charge in [-0.05, 0) is 41.6 Å². The second kappa shape index (κ2) is 9.13. The molecule has 158 valence electrons. The van der Waals surface area contributed by atoms with E-state index in [4.69, 9.17) is 4.98 Å². The van der Waals surface area contributed by atoms with Crippen LogP contribution in [0.1, 0.15) is 17.1 Å². The van der Waals surface area contributed by atoms with Crippen LogP contribution in [0.3, 0.4) is 0 Å². The highest BCUT2D eigenvalue weighted by Crippen LogP contribution is 2.24. The van der Waals surface area contributed by atoms with E-state index in [2.05, 4.69) is 54.4 Å². The Hall–Kier alpha value is -2.81. The molecule has 5 rings (SSSR count). The van der Waals surface area contributed by atoms with Crippen molar-refractivity contribution >= 4 is 22.8 Å². The molecule has 1 aromatic carbocycles. The number of fused-ring (bicyclic) bond motifs is 1. The second-order valence-electron chi connectivity index (χ2n) is 7.73. The summed E-state index contributed by atoms with van der Waals surface area (Å²) in [5.74, 6) is 0.924. The zero-order chi connectivity index (χ0) is 21.0. The van der Waals surface area contributed by atoms with Gasteiger partial charge < -0.3 is 10.3 Å². The van der Waals surface area contributed by atoms with Crippen LogP contribution >= 0.6 is 11.8 Å². The van der Waals surface area contributed by atoms with Crippen molar-refractivity contribution in [3.63, 3.8) is 0 Å². The summed E-state index contributed by atoms with van der Waals surface area (Å²) in [6.45, 7) is 5.28. The van der Waals surface area contributed by atoms with Crippen LogP contribution in [0.2, 0.25) is 0 Å². The fourth-order valence-corrected chi connectivity index (χ4v) is 4.23. The molecule has 1 fully saturated rings. The molecule has 1 saturated heterocycles. The van der Waals surface area contributed by atoms with Crippen molar-refractivity contribution in [2.75, 3.05) is 32.4 Å². The number of aromatic nitrogens is 5. The Balaban J connectivity index is 1.33. The molecule has 31 heavy (non-hydrogen) atoms. The molecule has 2 N–H and O–H groups in total. The standard InChI is InChI=1S/C23H25N7S/c1-31-23-26-13-18(14-27-23)17-2-3-20-21(11-17)29-22(28-20)12-19-10-16(4-5-25-19)15-30-8-6-24-7-9-30/h2-5,10-11,13-14,24H,6-9,12,15H2,1H3,(H,28,29). The van der Waals surface area contributed by atoms with Crippen molar-refractivity contribution in [2.24, 2.45) is 0 Å². The van der Waals surface area contributed by atoms with Crippen molar-refractivity contribution in [1.29, 1.82) is 0 Å². The van der Waals surface area contributed by atoms with E-state index >= 15 is 0 Å². The van der Waals surface area contributed by atoms with E-state index in [-0.39, 0.29) is 0 Å². The molecule has 1 aliphatic rings. The SMILES string of the molecule is CSc1ncc(-c2ccc3nc(Cc4cc(CN5CCNCC5)ccn4)[nH]c3c2)cn1. The normalized spacial score (nSPS) is 14.9. The maximum Gasteiger partial charge on any atom is 0.187 e. The summed E-state index contributed by atoms with van der Waals surface area (Å²) >= 11 is 1.54. The monoisotopic (exact) mass is 431 g/mol. The lowest BCUT2D eigenvalue weighted by Crippen LogP contribution is -2.42. The van der Waals surface area contributed by atoms with Crippen molar-refractivity contribution in [3.05, 3.63) is 66.0 Å². The number of nitrogens with zero attached hydrogens (tertiary/aromatic N) is 5. The zero-order valence-electron chi connectivity index (χ0n) is 17.5. The van der Waals surface area contributed by atoms with Crippen LogP contribution in [0.15, 0.2) is 54.1 Å². The summed E-state index contributed by atoms with van der Waals surface area (Å²) in [5.41, 5.74) is 6.38. The third-order valence-electron chi connectivity index (χ3n) is 5.52. The van der Waals surface area contributed by atoms with Gasteiger partial charge in [0.15, 0.2) is 5.16 Å². The number of pyridine rings is 1. The summed E-state index contributed by atoms with van der Waals surface area (Å²) < 4.78 is 0. The van der Waals surface area contributed by atoms with Gasteiger partial charge in [0.25, 0.3) is 0 Å². The summed E-state index contributed by atoms with van der Waals surface area (Å²) in [5, 5.41) is 4.18. The smallest absolute Gasteiger partial charge is 0.187 e. The maximum absolute atomic E-state index is 4.77. The quantitative estimate of drug-likeness (QED) is 0.358. The van der Waals surface area contributed by atoms with E-state index < -0.39 is 0 Å². The van der Waals surface area contributed by atoms with Crippen molar-refractivity contribution in [1.82, 2.24) is 35.1 Å². The van der Waals surface area contributed by atoms with Gasteiger partial charge >= 0.3 is 0 Å². The molecule has 0 bridgehead atoms. The summed E-state index contributed by atoms with van der Waals surface area (Å²) in [4.78, 5) is 24.0. The lowest BCUT2D eigenvalue weighted by atomic mass is 10.1. The highest BCUT2D eigenvalue weighted by Gasteiger charge is 2.11. The third-order valence-corrected chi connectivity index (χ3v) is 6.10. The molecule has 7 nitrogen and oxygen atoms in total. The number of piperazine rings is 1. The van der Waals surface area contributed by atoms with Gasteiger partial charge in [0.1, 0.15) is 5.82 Å². The molecule has 1 aliphatic heterocycles. The molecule has 3 aromatic heterocycles. The van der Waals surface area contributed by atoms with Crippen LogP contribution in [0.5, 0.6) is 0 Å². The van der Waals surface area contributed by atoms with Crippen LogP contribution in [0.4, 0.5) is 0 Å². The Morgan fingerprint density at radius 2 is 1.84 bits per heavy atom. The van der Waals surface area contributed by atoms with Crippen molar-refractivity contribution < 1.29 is 0 Å². The molecule has 0 radical (unpaired) electrons. The Morgan fingerprint density at radius 3 is 2.65 bits per heavy atom. The number of rotatable bonds is 6. The Morgan fingerprint density at radius 1 is 1.00 bits per heavy atom. The molecule has 0 atom stereocenters. The number of hydrogen-bond donors (Lipinski definition) is 2. The summed E-state index contributed by atoms with van der Waals surface area (Å²) in [7, 11) is 0. The first-order valence-corrected chi connectivity index (χ1v) is 11.7. The molecular formula is C23H25N7S. The zero-order valence-corrected chi connectivity index (χ0v) is 18.3. The average Bonchev–Trinajstić information content (AvgIpc) is 3.21. The van der Waals surface area contributed by atoms with Crippen LogP contribution in [-0.2, 0) is 13.0 Å². The van der Waals surface area contributed by atoms with Gasteiger partial charge in [-0.2, -0.15) is 0 Å². The van der Waals surface area contributed by atoms with E-state index in [9.17, 15) is 0 Å². The molecule has 4 aromatic rings. The number of benzene rings is 1. The number of nitrogens with one attached hydrogen (secondary N) is 2. The number of H-pyrrole nitrogens is 1. The van der Waals surface area contributed by atoms with Gasteiger partial charge in [0.05, 0.1) is 11.0 Å². The van der Waals surface area contributed by atoms with E-state index in [1.54, 1.807) is 11.8 Å². The van der Waals surface area contributed by atoms with Crippen molar-refractivity contribution in [2.45, 2.75) is 18.1 Å². The van der Waals surface area contributed by atoms with Crippen LogP contribution in [-0.4, -0.2) is 62.3 Å². The molecule has 8 heteroatoms. The minimum atomic E-state index is 0.685. The second-order valence-corrected chi connectivity index (χ2v) is 8.51. The van der Waals surface area contributed by atoms with Crippen LogP contribution in [0, 0.1) is 0 Å². The average molecular weight is 432 g/mol. The van der Waals surface area contributed by atoms with E-state index in [1.807, 2.05) is 30.9 Å². The predicted octanol–water partition coefficient (Wildman–Crippen LogP) is 3.13. The number of hydrogen-bond acceptors (Lipinski definition) is 7. The van der Waals surface area contributed by atoms with E-state index in [0.29, 0.717) is 6.42 Å². The molecular weight excluding hydrogens is 406 g/mol. The summed E-state index contributed by atoms with van der Waals surface area (Å²) in [6, 6.07) is 10.5. The number of thioether (sulfide) groups is 1. The maximum atomic E-state index is 4.77. The Bertz CT molecular complexity index is 1170. The predicted molar refractivity (Wildman–Crippen MR) is 124 cm³/mol. The molecule has 4 heterocycles. The largest absolute Gasteiger partial charge is 0.342 e. The third kappa shape index (κ3) is 4.76. The lowest BCUT2D eigenvalue weighted by Gasteiger charge is -2.27. The minimum absolute atomic E-state index is 0.685. The molecule has 0 spiro atoms. The van der Waals surface area contributed by atoms with Gasteiger partial charge in [-0.3, -0.25) is 9.88 Å². The first-order chi connectivity index (χ1) is 15.3. The van der Waals surface area contributed by atoms with Crippen molar-refractivity contribution in [3.8, 4) is 11.1 Å². The molecule has 0 aliphatic carbocycles. The van der Waals surface area contributed by atoms with Gasteiger partial charge in [-0.25, -0.2) is 15.0 Å². The molecule has 0 saturated carbocycles. The highest BCUT2D eigenvalue weighted by atomic mass is 32.2. The number of imidazole rings is 1. The first-order valence-electron chi connectivity index (χ1n) is 10.5. The van der Waals surface area contributed by atoms with Gasteiger partial charge in [0.2, 0.25) is 0 Å². The van der Waals surface area contributed by atoms with Crippen LogP contribution < -0.4 is 5.32 Å². The van der Waals surface area contributed by atoms with Gasteiger partial charge in [-0.1, -0.05) is 17.8 Å². The Labute approximate surface area is 185 Å². The van der Waals surface area contributed by atoms with Gasteiger partial charge in [0, 0.05) is 69.0 Å². The Kier molecular flexibility index (Phi) is 5.93. The van der Waals surface area contributed by atoms with E-state index in [1.165, 1.54) is 5.56 Å². The number of aromatic amines is 1. The first kappa shape index (κ1) is 20.1.